The van der Waals surface area contributed by atoms with Crippen LogP contribution in [0.5, 0.6) is 0 Å². The molecule has 13 heteroatoms. The third-order valence-electron chi connectivity index (χ3n) is 9.11. The summed E-state index contributed by atoms with van der Waals surface area (Å²) in [6.07, 6.45) is -8.93. The lowest BCUT2D eigenvalue weighted by molar-refractivity contribution is -0.346. The number of carboxylic acid groups (broad SMARTS) is 1. The quantitative estimate of drug-likeness (QED) is 0.174. The summed E-state index contributed by atoms with van der Waals surface area (Å²) in [5.41, 5.74) is 0. The molecule has 41 heavy (non-hydrogen) atoms. The summed E-state index contributed by atoms with van der Waals surface area (Å²) in [5.74, 6) is -0.815. The van der Waals surface area contributed by atoms with Crippen LogP contribution in [0.4, 0.5) is 0 Å². The van der Waals surface area contributed by atoms with Gasteiger partial charge in [-0.1, -0.05) is 39.0 Å². The molecule has 0 unspecified atom stereocenters. The maximum atomic E-state index is 12.1. The van der Waals surface area contributed by atoms with Crippen LogP contribution in [0.2, 0.25) is 0 Å². The van der Waals surface area contributed by atoms with Gasteiger partial charge in [-0.2, -0.15) is 0 Å². The molecule has 0 amide bonds. The largest absolute Gasteiger partial charge is 0.479 e. The molecule has 0 aromatic carbocycles. The summed E-state index contributed by atoms with van der Waals surface area (Å²) in [6.45, 7) is 2.96. The fraction of sp³-hybridized carbons (Fsp3) is 0.964. The zero-order chi connectivity index (χ0) is 29.8. The summed E-state index contributed by atoms with van der Waals surface area (Å²) in [7, 11) is 0. The van der Waals surface area contributed by atoms with Crippen molar-refractivity contribution in [2.24, 2.45) is 11.8 Å². The van der Waals surface area contributed by atoms with E-state index in [0.29, 0.717) is 12.8 Å². The smallest absolute Gasteiger partial charge is 0.332 e. The molecule has 0 aromatic heterocycles. The third kappa shape index (κ3) is 7.95. The second-order valence-corrected chi connectivity index (χ2v) is 12.3. The molecular formula is C28H48O13. The number of hydrogen-bond donors (Lipinski definition) is 7. The van der Waals surface area contributed by atoms with E-state index in [1.807, 2.05) is 6.92 Å². The van der Waals surface area contributed by atoms with Gasteiger partial charge in [-0.25, -0.2) is 4.79 Å². The molecule has 0 radical (unpaired) electrons. The van der Waals surface area contributed by atoms with Crippen LogP contribution in [0, 0.1) is 11.8 Å². The van der Waals surface area contributed by atoms with Crippen molar-refractivity contribution in [1.29, 1.82) is 0 Å². The van der Waals surface area contributed by atoms with E-state index >= 15 is 0 Å². The second-order valence-electron chi connectivity index (χ2n) is 12.3. The van der Waals surface area contributed by atoms with Crippen molar-refractivity contribution >= 4 is 5.97 Å². The minimum absolute atomic E-state index is 0.168. The third-order valence-corrected chi connectivity index (χ3v) is 9.11. The molecule has 4 fully saturated rings. The van der Waals surface area contributed by atoms with E-state index in [1.165, 1.54) is 0 Å². The second kappa shape index (κ2) is 14.7. The lowest BCUT2D eigenvalue weighted by Gasteiger charge is -2.46. The molecule has 2 saturated carbocycles. The average molecular weight is 593 g/mol. The fourth-order valence-corrected chi connectivity index (χ4v) is 6.53. The summed E-state index contributed by atoms with van der Waals surface area (Å²) in [6, 6.07) is 0. The van der Waals surface area contributed by atoms with Crippen molar-refractivity contribution in [2.45, 2.75) is 151 Å². The number of aliphatic hydroxyl groups excluding tert-OH is 6. The van der Waals surface area contributed by atoms with Crippen molar-refractivity contribution in [2.75, 3.05) is 6.61 Å². The van der Waals surface area contributed by atoms with Gasteiger partial charge in [-0.3, -0.25) is 0 Å². The molecule has 0 aromatic rings. The van der Waals surface area contributed by atoms with E-state index in [4.69, 9.17) is 23.7 Å². The maximum Gasteiger partial charge on any atom is 0.332 e. The first-order valence-electron chi connectivity index (χ1n) is 15.0. The monoisotopic (exact) mass is 592 g/mol. The van der Waals surface area contributed by atoms with Crippen LogP contribution in [0.25, 0.3) is 0 Å². The lowest BCUT2D eigenvalue weighted by atomic mass is 9.85. The number of rotatable bonds is 10. The minimum Gasteiger partial charge on any atom is -0.479 e. The highest BCUT2D eigenvalue weighted by Gasteiger charge is 2.50. The molecule has 2 aliphatic carbocycles. The molecule has 14 atom stereocenters. The predicted molar refractivity (Wildman–Crippen MR) is 140 cm³/mol. The van der Waals surface area contributed by atoms with Gasteiger partial charge in [0, 0.05) is 0 Å². The van der Waals surface area contributed by atoms with Crippen LogP contribution < -0.4 is 0 Å². The summed E-state index contributed by atoms with van der Waals surface area (Å²) < 4.78 is 29.4. The highest BCUT2D eigenvalue weighted by atomic mass is 16.7. The average Bonchev–Trinajstić information content (AvgIpc) is 2.95. The van der Waals surface area contributed by atoms with Crippen LogP contribution in [0.1, 0.15) is 71.6 Å². The van der Waals surface area contributed by atoms with Gasteiger partial charge >= 0.3 is 5.97 Å². The van der Waals surface area contributed by atoms with E-state index < -0.39 is 92.3 Å². The first-order valence-corrected chi connectivity index (χ1v) is 15.0. The molecule has 4 aliphatic rings. The number of hydrogen-bond acceptors (Lipinski definition) is 12. The number of aliphatic carboxylic acids is 1. The fourth-order valence-electron chi connectivity index (χ4n) is 6.53. The number of ether oxygens (including phenoxy) is 5. The Bertz CT molecular complexity index is 825. The summed E-state index contributed by atoms with van der Waals surface area (Å²) in [5, 5.41) is 72.5. The molecule has 0 bridgehead atoms. The zero-order valence-electron chi connectivity index (χ0n) is 23.8. The van der Waals surface area contributed by atoms with Gasteiger partial charge in [0.2, 0.25) is 0 Å². The Morgan fingerprint density at radius 1 is 0.805 bits per heavy atom. The zero-order valence-corrected chi connectivity index (χ0v) is 23.8. The van der Waals surface area contributed by atoms with Crippen LogP contribution in [0.3, 0.4) is 0 Å². The van der Waals surface area contributed by atoms with Crippen LogP contribution in [-0.4, -0.2) is 128 Å². The Labute approximate surface area is 240 Å². The van der Waals surface area contributed by atoms with Gasteiger partial charge in [0.05, 0.1) is 24.9 Å². The Hall–Kier alpha value is -0.970. The Kier molecular flexibility index (Phi) is 11.8. The van der Waals surface area contributed by atoms with Crippen molar-refractivity contribution in [3.05, 3.63) is 0 Å². The number of carboxylic acids is 1. The first-order chi connectivity index (χ1) is 19.5. The normalized spacial score (nSPS) is 45.3. The lowest BCUT2D eigenvalue weighted by Crippen LogP contribution is -2.62. The van der Waals surface area contributed by atoms with Crippen LogP contribution in [0.15, 0.2) is 0 Å². The highest BCUT2D eigenvalue weighted by Crippen LogP contribution is 2.36. The molecule has 13 nitrogen and oxygen atoms in total. The van der Waals surface area contributed by atoms with Crippen molar-refractivity contribution in [3.63, 3.8) is 0 Å². The molecule has 2 heterocycles. The van der Waals surface area contributed by atoms with E-state index in [1.54, 1.807) is 6.92 Å². The standard InChI is InChI=1S/C28H48O13/c1-13-8-9-16(39-27-23(33)22(32)20(30)14(2)37-27)17(10-13)40-28-24(34)25(21(31)19(12-29)41-28)38-18(26(35)36)11-15-6-4-3-5-7-15/h13-25,27-34H,3-12H2,1-2H3,(H,35,36)/t13-,14+,16-,17-,18+,19-,20-,21+,22-,23+,24-,25+,27+,28-/m1/s1. The first kappa shape index (κ1) is 32.9. The minimum atomic E-state index is -1.58. The Morgan fingerprint density at radius 2 is 1.46 bits per heavy atom. The van der Waals surface area contributed by atoms with E-state index in [9.17, 15) is 40.5 Å². The SMILES string of the molecule is C[C@@H]1CC[C@@H](O[C@@H]2O[C@@H](C)[C@@H](O)[C@@H](O)[C@@H]2O)[C@H](O[C@@H]2O[C@H](CO)[C@H](O)[C@H](O[C@@H](CC3CCCCC3)C(=O)O)[C@H]2O)C1. The number of carbonyl (C=O) groups is 1. The van der Waals surface area contributed by atoms with Crippen LogP contribution in [-0.2, 0) is 28.5 Å². The molecule has 0 spiro atoms. The summed E-state index contributed by atoms with van der Waals surface area (Å²) in [4.78, 5) is 12.1. The predicted octanol–water partition coefficient (Wildman–Crippen LogP) is -0.348. The summed E-state index contributed by atoms with van der Waals surface area (Å²) >= 11 is 0. The van der Waals surface area contributed by atoms with Crippen molar-refractivity contribution < 1.29 is 64.2 Å². The number of aliphatic hydroxyl groups is 6. The van der Waals surface area contributed by atoms with Gasteiger partial charge in [0.25, 0.3) is 0 Å². The van der Waals surface area contributed by atoms with Gasteiger partial charge in [0.1, 0.15) is 42.7 Å². The van der Waals surface area contributed by atoms with Gasteiger partial charge < -0.3 is 59.4 Å². The maximum absolute atomic E-state index is 12.1. The van der Waals surface area contributed by atoms with E-state index in [2.05, 4.69) is 0 Å². The van der Waals surface area contributed by atoms with Crippen LogP contribution >= 0.6 is 0 Å². The topological polar surface area (TPSA) is 205 Å². The highest BCUT2D eigenvalue weighted by molar-refractivity contribution is 5.72. The molecular weight excluding hydrogens is 544 g/mol. The molecule has 2 aliphatic heterocycles. The van der Waals surface area contributed by atoms with Gasteiger partial charge in [-0.05, 0) is 44.4 Å². The molecule has 7 N–H and O–H groups in total. The molecule has 238 valence electrons. The molecule has 4 rings (SSSR count). The van der Waals surface area contributed by atoms with Gasteiger partial charge in [-0.15, -0.1) is 0 Å². The van der Waals surface area contributed by atoms with E-state index in [0.717, 1.165) is 38.5 Å². The van der Waals surface area contributed by atoms with Crippen molar-refractivity contribution in [3.8, 4) is 0 Å². The van der Waals surface area contributed by atoms with Crippen molar-refractivity contribution in [1.82, 2.24) is 0 Å². The van der Waals surface area contributed by atoms with E-state index in [-0.39, 0.29) is 18.3 Å². The Morgan fingerprint density at radius 3 is 2.12 bits per heavy atom. The van der Waals surface area contributed by atoms with Gasteiger partial charge in [0.15, 0.2) is 18.7 Å². The Balaban J connectivity index is 1.46. The molecule has 2 saturated heterocycles.